The minimum atomic E-state index is -0.887. The van der Waals surface area contributed by atoms with Crippen LogP contribution in [0.15, 0.2) is 18.2 Å². The fourth-order valence-electron chi connectivity index (χ4n) is 0.772. The Morgan fingerprint density at radius 2 is 1.79 bits per heavy atom. The second-order valence-corrected chi connectivity index (χ2v) is 2.19. The van der Waals surface area contributed by atoms with Crippen molar-refractivity contribution in [2.24, 2.45) is 0 Å². The molecule has 1 rings (SSSR count). The number of hydrogen-bond acceptors (Lipinski definition) is 5. The summed E-state index contributed by atoms with van der Waals surface area (Å²) in [5.41, 5.74) is -1.10. The van der Waals surface area contributed by atoms with Gasteiger partial charge in [-0.05, 0) is 6.07 Å². The van der Waals surface area contributed by atoms with E-state index in [1.807, 2.05) is 0 Å². The molecular formula is C6H5LiN2O5. The van der Waals surface area contributed by atoms with E-state index in [0.717, 1.165) is 12.1 Å². The van der Waals surface area contributed by atoms with Gasteiger partial charge in [-0.2, -0.15) is 0 Å². The van der Waals surface area contributed by atoms with Gasteiger partial charge < -0.3 is 6.53 Å². The molecule has 0 spiro atoms. The Bertz CT molecular complexity index is 386. The molecule has 0 saturated heterocycles. The van der Waals surface area contributed by atoms with E-state index in [1.165, 1.54) is 0 Å². The Labute approximate surface area is 91.3 Å². The molecule has 0 atom stereocenters. The number of phenolic OH excluding ortho intramolecular Hbond substituents is 1. The van der Waals surface area contributed by atoms with E-state index in [9.17, 15) is 20.2 Å². The molecule has 0 fully saturated rings. The predicted molar refractivity (Wildman–Crippen MR) is 42.5 cm³/mol. The summed E-state index contributed by atoms with van der Waals surface area (Å²) in [5.74, 6) is -0.587. The SMILES string of the molecule is O=[N+]([O-])c1ccc(O)c([N+](=O)[O-])c1.[H-].[Li+]. The van der Waals surface area contributed by atoms with Crippen molar-refractivity contribution in [2.75, 3.05) is 0 Å². The van der Waals surface area contributed by atoms with Crippen LogP contribution in [-0.2, 0) is 0 Å². The first-order chi connectivity index (χ1) is 6.02. The maximum Gasteiger partial charge on any atom is 1.00 e. The zero-order chi connectivity index (χ0) is 10.0. The van der Waals surface area contributed by atoms with Gasteiger partial charge in [0.1, 0.15) is 0 Å². The van der Waals surface area contributed by atoms with Gasteiger partial charge in [0.25, 0.3) is 5.69 Å². The van der Waals surface area contributed by atoms with Crippen LogP contribution < -0.4 is 18.9 Å². The number of phenols is 1. The topological polar surface area (TPSA) is 107 Å². The molecule has 0 aliphatic carbocycles. The van der Waals surface area contributed by atoms with Crippen LogP contribution in [-0.4, -0.2) is 15.0 Å². The van der Waals surface area contributed by atoms with Crippen molar-refractivity contribution in [1.82, 2.24) is 0 Å². The van der Waals surface area contributed by atoms with Crippen LogP contribution in [0.5, 0.6) is 5.75 Å². The third-order valence-corrected chi connectivity index (χ3v) is 1.37. The fourth-order valence-corrected chi connectivity index (χ4v) is 0.772. The molecule has 0 amide bonds. The molecule has 70 valence electrons. The molecule has 0 aliphatic heterocycles. The normalized spacial score (nSPS) is 8.86. The number of benzene rings is 1. The molecule has 0 saturated carbocycles. The van der Waals surface area contributed by atoms with Crippen LogP contribution in [0.4, 0.5) is 11.4 Å². The van der Waals surface area contributed by atoms with Crippen LogP contribution in [0.2, 0.25) is 0 Å². The summed E-state index contributed by atoms with van der Waals surface area (Å²) >= 11 is 0. The van der Waals surface area contributed by atoms with E-state index in [4.69, 9.17) is 5.11 Å². The fraction of sp³-hybridized carbons (Fsp3) is 0. The molecule has 0 radical (unpaired) electrons. The van der Waals surface area contributed by atoms with E-state index in [-0.39, 0.29) is 20.3 Å². The second kappa shape index (κ2) is 4.60. The van der Waals surface area contributed by atoms with Crippen molar-refractivity contribution in [3.8, 4) is 5.75 Å². The third kappa shape index (κ3) is 2.45. The molecule has 0 bridgehead atoms. The maximum absolute atomic E-state index is 10.2. The van der Waals surface area contributed by atoms with Crippen LogP contribution in [0.3, 0.4) is 0 Å². The minimum Gasteiger partial charge on any atom is -1.00 e. The van der Waals surface area contributed by atoms with Crippen molar-refractivity contribution >= 4 is 11.4 Å². The second-order valence-electron chi connectivity index (χ2n) is 2.19. The van der Waals surface area contributed by atoms with Gasteiger partial charge in [0.05, 0.1) is 15.9 Å². The molecule has 1 aromatic rings. The number of nitrogens with zero attached hydrogens (tertiary/aromatic N) is 2. The largest absolute Gasteiger partial charge is 1.00 e. The van der Waals surface area contributed by atoms with Gasteiger partial charge in [0.2, 0.25) is 0 Å². The summed E-state index contributed by atoms with van der Waals surface area (Å²) in [6.45, 7) is 0. The smallest absolute Gasteiger partial charge is 1.00 e. The molecule has 14 heavy (non-hydrogen) atoms. The molecule has 0 aliphatic rings. The number of nitro benzene ring substituents is 2. The molecule has 0 aromatic heterocycles. The zero-order valence-electron chi connectivity index (χ0n) is 8.21. The van der Waals surface area contributed by atoms with Crippen LogP contribution in [0.25, 0.3) is 0 Å². The summed E-state index contributed by atoms with van der Waals surface area (Å²) in [6.07, 6.45) is 0. The van der Waals surface area contributed by atoms with Gasteiger partial charge in [-0.15, -0.1) is 0 Å². The first kappa shape index (κ1) is 12.4. The summed E-state index contributed by atoms with van der Waals surface area (Å²) in [4.78, 5) is 18.7. The van der Waals surface area contributed by atoms with E-state index >= 15 is 0 Å². The van der Waals surface area contributed by atoms with Gasteiger partial charge in [-0.3, -0.25) is 20.2 Å². The summed E-state index contributed by atoms with van der Waals surface area (Å²) < 4.78 is 0. The molecular weight excluding hydrogens is 187 g/mol. The van der Waals surface area contributed by atoms with Crippen molar-refractivity contribution < 1.29 is 35.2 Å². The molecule has 1 aromatic carbocycles. The third-order valence-electron chi connectivity index (χ3n) is 1.37. The number of rotatable bonds is 2. The van der Waals surface area contributed by atoms with E-state index in [2.05, 4.69) is 0 Å². The average molecular weight is 192 g/mol. The molecule has 0 unspecified atom stereocenters. The Morgan fingerprint density at radius 3 is 2.21 bits per heavy atom. The molecule has 8 heteroatoms. The van der Waals surface area contributed by atoms with Crippen LogP contribution in [0.1, 0.15) is 1.43 Å². The summed E-state index contributed by atoms with van der Waals surface area (Å²) in [6, 6.07) is 2.61. The Balaban J connectivity index is 0. The van der Waals surface area contributed by atoms with Crippen molar-refractivity contribution in [1.29, 1.82) is 0 Å². The Hall–Kier alpha value is -1.58. The average Bonchev–Trinajstić information content (AvgIpc) is 2.04. The predicted octanol–water partition coefficient (Wildman–Crippen LogP) is -1.67. The van der Waals surface area contributed by atoms with Gasteiger partial charge >= 0.3 is 24.5 Å². The quantitative estimate of drug-likeness (QED) is 0.342. The van der Waals surface area contributed by atoms with Gasteiger partial charge in [-0.1, -0.05) is 0 Å². The van der Waals surface area contributed by atoms with Crippen molar-refractivity contribution in [3.05, 3.63) is 38.4 Å². The van der Waals surface area contributed by atoms with Crippen molar-refractivity contribution in [2.45, 2.75) is 0 Å². The van der Waals surface area contributed by atoms with Crippen molar-refractivity contribution in [3.63, 3.8) is 0 Å². The standard InChI is InChI=1S/C6H4N2O5.Li.H/c9-6-2-1-4(7(10)11)3-5(6)8(12)13;;/h1-3,9H;;/q;+1;-1. The molecule has 0 heterocycles. The minimum absolute atomic E-state index is 0. The molecule has 1 N–H and O–H groups in total. The van der Waals surface area contributed by atoms with E-state index in [1.54, 1.807) is 0 Å². The number of non-ortho nitro benzene ring substituents is 1. The van der Waals surface area contributed by atoms with Gasteiger partial charge in [0.15, 0.2) is 5.75 Å². The Morgan fingerprint density at radius 1 is 1.21 bits per heavy atom. The monoisotopic (exact) mass is 192 g/mol. The van der Waals surface area contributed by atoms with Gasteiger partial charge in [0, 0.05) is 6.07 Å². The number of nitro groups is 2. The van der Waals surface area contributed by atoms with Crippen LogP contribution in [0, 0.1) is 20.2 Å². The molecule has 7 nitrogen and oxygen atoms in total. The van der Waals surface area contributed by atoms with Crippen LogP contribution >= 0.6 is 0 Å². The first-order valence-corrected chi connectivity index (χ1v) is 3.14. The van der Waals surface area contributed by atoms with E-state index < -0.39 is 27.0 Å². The Kier molecular flexibility index (Phi) is 4.08. The zero-order valence-corrected chi connectivity index (χ0v) is 7.21. The number of hydrogen-bond donors (Lipinski definition) is 1. The summed E-state index contributed by atoms with van der Waals surface area (Å²) in [7, 11) is 0. The first-order valence-electron chi connectivity index (χ1n) is 3.14. The summed E-state index contributed by atoms with van der Waals surface area (Å²) in [5, 5.41) is 29.3. The van der Waals surface area contributed by atoms with Gasteiger partial charge in [-0.25, -0.2) is 0 Å². The maximum atomic E-state index is 10.2. The number of aromatic hydroxyl groups is 1. The van der Waals surface area contributed by atoms with E-state index in [0.29, 0.717) is 6.07 Å².